The van der Waals surface area contributed by atoms with Crippen molar-refractivity contribution < 1.29 is 81.5 Å². The first-order valence-corrected chi connectivity index (χ1v) is 22.2. The molecular weight excluding hydrogens is 885 g/mol. The molecule has 7 rings (SSSR count). The van der Waals surface area contributed by atoms with E-state index in [0.29, 0.717) is 11.1 Å². The third-order valence-electron chi connectivity index (χ3n) is 14.0. The van der Waals surface area contributed by atoms with Gasteiger partial charge in [-0.25, -0.2) is 14.4 Å². The van der Waals surface area contributed by atoms with Crippen LogP contribution in [0, 0.1) is 16.7 Å². The third kappa shape index (κ3) is 8.87. The summed E-state index contributed by atoms with van der Waals surface area (Å²) in [6, 6.07) is 19.6. The lowest BCUT2D eigenvalue weighted by Crippen LogP contribution is -2.82. The number of pyridine rings is 1. The first kappa shape index (κ1) is 49.4. The minimum Gasteiger partial charge on any atom is -0.455 e. The largest absolute Gasteiger partial charge is 0.514 e. The van der Waals surface area contributed by atoms with Crippen LogP contribution in [0.25, 0.3) is 0 Å². The number of esters is 4. The molecule has 1 aliphatic heterocycles. The van der Waals surface area contributed by atoms with Crippen molar-refractivity contribution in [2.24, 2.45) is 16.7 Å². The van der Waals surface area contributed by atoms with Crippen molar-refractivity contribution in [3.8, 4) is 0 Å². The Bertz CT molecular complexity index is 2510. The molecule has 1 aromatic heterocycles. The molecule has 2 N–H and O–H groups in total. The Hall–Kier alpha value is -6.50. The highest BCUT2D eigenvalue weighted by molar-refractivity contribution is 5.96. The number of aromatic nitrogens is 1. The van der Waals surface area contributed by atoms with E-state index in [2.05, 4.69) is 0 Å². The van der Waals surface area contributed by atoms with E-state index >= 15 is 4.79 Å². The second-order valence-electron chi connectivity index (χ2n) is 18.8. The van der Waals surface area contributed by atoms with Gasteiger partial charge < -0.3 is 48.3 Å². The number of carbonyl (C=O) groups is 7. The smallest absolute Gasteiger partial charge is 0.455 e. The number of Topliss-reactive ketones (excluding diaryl/α,β-unsaturated/α-hetero) is 1. The number of aliphatic hydroxyl groups is 2. The van der Waals surface area contributed by atoms with Crippen LogP contribution in [0.3, 0.4) is 0 Å². The number of hydrogen-bond acceptors (Lipinski definition) is 16. The maximum Gasteiger partial charge on any atom is 0.514 e. The average Bonchev–Trinajstić information content (AvgIpc) is 3.29. The molecule has 10 atom stereocenters. The van der Waals surface area contributed by atoms with E-state index in [1.807, 2.05) is 0 Å². The van der Waals surface area contributed by atoms with Crippen LogP contribution in [0.5, 0.6) is 0 Å². The van der Waals surface area contributed by atoms with Gasteiger partial charge in [-0.15, -0.1) is 0 Å². The fourth-order valence-corrected chi connectivity index (χ4v) is 10.5. The molecular formula is C50H57N2O16+. The van der Waals surface area contributed by atoms with Gasteiger partial charge >= 0.3 is 30.0 Å². The zero-order chi connectivity index (χ0) is 49.5. The highest BCUT2D eigenvalue weighted by Gasteiger charge is 2.78. The van der Waals surface area contributed by atoms with Crippen LogP contribution in [0.15, 0.2) is 96.3 Å². The maximum absolute atomic E-state index is 15.6. The van der Waals surface area contributed by atoms with E-state index in [0.717, 1.165) is 13.8 Å². The number of benzene rings is 2. The number of aliphatic hydroxyl groups excluding tert-OH is 1. The summed E-state index contributed by atoms with van der Waals surface area (Å²) in [5.41, 5.74) is -6.81. The van der Waals surface area contributed by atoms with Crippen molar-refractivity contribution in [1.82, 2.24) is 4.90 Å². The predicted molar refractivity (Wildman–Crippen MR) is 235 cm³/mol. The summed E-state index contributed by atoms with van der Waals surface area (Å²) in [5.74, 6) is -6.44. The molecule has 0 radical (unpaired) electrons. The van der Waals surface area contributed by atoms with Gasteiger partial charge in [-0.3, -0.25) is 19.2 Å². The number of ketones is 1. The van der Waals surface area contributed by atoms with Crippen molar-refractivity contribution in [3.05, 3.63) is 113 Å². The Morgan fingerprint density at radius 1 is 0.882 bits per heavy atom. The first-order valence-electron chi connectivity index (χ1n) is 22.2. The summed E-state index contributed by atoms with van der Waals surface area (Å²) in [6.07, 6.45) is -8.63. The Morgan fingerprint density at radius 3 is 2.13 bits per heavy atom. The molecule has 3 aliphatic carbocycles. The molecule has 3 fully saturated rings. The van der Waals surface area contributed by atoms with Crippen LogP contribution in [0.2, 0.25) is 0 Å². The van der Waals surface area contributed by atoms with Gasteiger partial charge in [0.2, 0.25) is 6.10 Å². The average molecular weight is 942 g/mol. The van der Waals surface area contributed by atoms with Gasteiger partial charge in [-0.05, 0) is 48.8 Å². The zero-order valence-corrected chi connectivity index (χ0v) is 39.2. The molecule has 362 valence electrons. The number of hydrogen-bond donors (Lipinski definition) is 2. The Morgan fingerprint density at radius 2 is 1.53 bits per heavy atom. The van der Waals surface area contributed by atoms with E-state index < -0.39 is 114 Å². The van der Waals surface area contributed by atoms with Crippen LogP contribution < -0.4 is 4.57 Å². The monoisotopic (exact) mass is 941 g/mol. The molecule has 18 nitrogen and oxygen atoms in total. The summed E-state index contributed by atoms with van der Waals surface area (Å²) in [4.78, 5) is 98.0. The topological polar surface area (TPSA) is 232 Å². The van der Waals surface area contributed by atoms with Gasteiger partial charge in [0, 0.05) is 58.7 Å². The minimum absolute atomic E-state index is 0.00246. The lowest BCUT2D eigenvalue weighted by molar-refractivity contribution is -0.727. The molecule has 2 aromatic carbocycles. The van der Waals surface area contributed by atoms with E-state index in [1.54, 1.807) is 94.8 Å². The number of carbonyl (C=O) groups excluding carboxylic acids is 7. The first-order chi connectivity index (χ1) is 32.0. The molecule has 1 saturated heterocycles. The molecule has 1 amide bonds. The highest BCUT2D eigenvalue weighted by atomic mass is 16.7. The van der Waals surface area contributed by atoms with Crippen molar-refractivity contribution >= 4 is 41.7 Å². The molecule has 4 aliphatic rings. The predicted octanol–water partition coefficient (Wildman–Crippen LogP) is 3.62. The zero-order valence-electron chi connectivity index (χ0n) is 39.2. The van der Waals surface area contributed by atoms with Gasteiger partial charge in [0.1, 0.15) is 29.5 Å². The molecule has 3 aromatic rings. The van der Waals surface area contributed by atoms with Crippen LogP contribution >= 0.6 is 0 Å². The summed E-state index contributed by atoms with van der Waals surface area (Å²) in [7, 11) is 3.18. The fraction of sp³-hybridized carbons (Fsp3) is 0.480. The van der Waals surface area contributed by atoms with Crippen molar-refractivity contribution in [2.75, 3.05) is 20.7 Å². The van der Waals surface area contributed by atoms with Crippen molar-refractivity contribution in [1.29, 1.82) is 0 Å². The summed E-state index contributed by atoms with van der Waals surface area (Å²) < 4.78 is 43.0. The van der Waals surface area contributed by atoms with E-state index in [9.17, 15) is 39.0 Å². The van der Waals surface area contributed by atoms with Gasteiger partial charge in [-0.1, -0.05) is 62.4 Å². The molecule has 2 bridgehead atoms. The second-order valence-corrected chi connectivity index (χ2v) is 18.8. The van der Waals surface area contributed by atoms with Crippen LogP contribution in [-0.4, -0.2) is 125 Å². The number of ether oxygens (including phenoxy) is 7. The number of fused-ring (bicyclic) bond motifs is 5. The van der Waals surface area contributed by atoms with Gasteiger partial charge in [0.15, 0.2) is 29.9 Å². The number of nitrogens with zero attached hydrogens (tertiary/aromatic N) is 2. The van der Waals surface area contributed by atoms with Gasteiger partial charge in [-0.2, -0.15) is 4.57 Å². The maximum atomic E-state index is 15.6. The number of rotatable bonds is 12. The Labute approximate surface area is 393 Å². The molecule has 18 heteroatoms. The SMILES string of the molecule is CC(=O)O[C@H]1C(=O)[C@@]2(C)C([C@H](OC(=O)c3ccccc3)[C@]3(O)C[C@H](OC(=O)[C@@H](Cc4ccccc4)OC(=O)OC[n+]4cccc(C(=O)N(C)C)c4)C(C)=C1C3(C)C)[C@]1(OC(C)=O)CO[C@@H]1C[C@@H]2O. The lowest BCUT2D eigenvalue weighted by Gasteiger charge is -2.67. The van der Waals surface area contributed by atoms with Crippen LogP contribution in [0.4, 0.5) is 4.79 Å². The summed E-state index contributed by atoms with van der Waals surface area (Å²) in [5, 5.41) is 25.9. The van der Waals surface area contributed by atoms with Crippen molar-refractivity contribution in [2.45, 2.75) is 115 Å². The van der Waals surface area contributed by atoms with Crippen LogP contribution in [-0.2, 0) is 65.5 Å². The second kappa shape index (κ2) is 18.9. The number of amides is 1. The fourth-order valence-electron chi connectivity index (χ4n) is 10.5. The molecule has 2 heterocycles. The third-order valence-corrected chi connectivity index (χ3v) is 14.0. The quantitative estimate of drug-likeness (QED) is 0.114. The van der Waals surface area contributed by atoms with Crippen LogP contribution in [0.1, 0.15) is 80.7 Å². The highest BCUT2D eigenvalue weighted by Crippen LogP contribution is 2.64. The standard InChI is InChI=1S/C50H57N2O16/c1-28-35(65-45(59)34(22-31-16-11-9-12-17-31)66-46(60)63-27-52-21-15-20-33(25-52)43(57)51(7)8)24-50(61)42(67-44(58)32-18-13-10-14-19-32)40-48(6,36(55)23-37-49(40,26-62-37)68-30(3)54)41(56)39(64-29(2)53)38(28)47(50,4)5/h9-21,25,34-37,39-40,42,55,61H,22-24,26-27H2,1-8H3/q+1/t34-,35+,36+,37-,39-,40?,42+,48-,49+,50-/m1/s1. The van der Waals surface area contributed by atoms with Crippen molar-refractivity contribution in [3.63, 3.8) is 0 Å². The van der Waals surface area contributed by atoms with E-state index in [-0.39, 0.29) is 42.1 Å². The molecule has 68 heavy (non-hydrogen) atoms. The van der Waals surface area contributed by atoms with Gasteiger partial charge in [0.05, 0.1) is 29.6 Å². The summed E-state index contributed by atoms with van der Waals surface area (Å²) >= 11 is 0. The minimum atomic E-state index is -2.40. The van der Waals surface area contributed by atoms with E-state index in [4.69, 9.17) is 33.2 Å². The Kier molecular flexibility index (Phi) is 13.7. The molecule has 0 spiro atoms. The normalized spacial score (nSPS) is 29.5. The molecule has 2 saturated carbocycles. The lowest BCUT2D eigenvalue weighted by atomic mass is 9.44. The van der Waals surface area contributed by atoms with Gasteiger partial charge in [0.25, 0.3) is 12.6 Å². The Balaban J connectivity index is 1.32. The summed E-state index contributed by atoms with van der Waals surface area (Å²) in [6.45, 7) is 7.57. The van der Waals surface area contributed by atoms with E-state index in [1.165, 1.54) is 41.6 Å². The molecule has 1 unspecified atom stereocenters.